The first-order valence-electron chi connectivity index (χ1n) is 9.92. The molecule has 3 rings (SSSR count). The van der Waals surface area contributed by atoms with Crippen LogP contribution in [0.25, 0.3) is 11.1 Å². The van der Waals surface area contributed by atoms with Crippen molar-refractivity contribution in [2.45, 2.75) is 44.7 Å². The first-order chi connectivity index (χ1) is 14.4. The van der Waals surface area contributed by atoms with Crippen molar-refractivity contribution in [2.75, 3.05) is 28.3 Å². The van der Waals surface area contributed by atoms with Gasteiger partial charge in [-0.15, -0.1) is 0 Å². The normalized spacial score (nSPS) is 16.3. The zero-order valence-corrected chi connectivity index (χ0v) is 19.1. The molecule has 0 radical (unpaired) electrons. The molecular weight excluding hydrogens is 418 g/mol. The van der Waals surface area contributed by atoms with Crippen LogP contribution in [0.1, 0.15) is 27.7 Å². The molecule has 0 spiro atoms. The minimum absolute atomic E-state index is 0.157. The molecule has 8 nitrogen and oxygen atoms in total. The Hall–Kier alpha value is -3.07. The number of sulfone groups is 1. The molecule has 9 heteroatoms. The van der Waals surface area contributed by atoms with Gasteiger partial charge in [0.15, 0.2) is 9.84 Å². The highest BCUT2D eigenvalue weighted by Crippen LogP contribution is 2.42. The number of carbonyl (C=O) groups is 2. The Labute approximate surface area is 182 Å². The maximum absolute atomic E-state index is 12.8. The Morgan fingerprint density at radius 2 is 1.74 bits per heavy atom. The van der Waals surface area contributed by atoms with Crippen LogP contribution >= 0.6 is 0 Å². The molecular formula is C22H27N3O5S. The van der Waals surface area contributed by atoms with Gasteiger partial charge in [0, 0.05) is 31.0 Å². The first-order valence-corrected chi connectivity index (χ1v) is 11.8. The number of nitrogens with two attached hydrogens (primary N) is 1. The van der Waals surface area contributed by atoms with Gasteiger partial charge >= 0.3 is 6.09 Å². The van der Waals surface area contributed by atoms with Gasteiger partial charge < -0.3 is 15.4 Å². The summed E-state index contributed by atoms with van der Waals surface area (Å²) in [7, 11) is -3.33. The Morgan fingerprint density at radius 3 is 2.26 bits per heavy atom. The molecule has 2 aromatic carbocycles. The van der Waals surface area contributed by atoms with Crippen LogP contribution in [0.15, 0.2) is 41.3 Å². The molecule has 1 aliphatic heterocycles. The standard InChI is InChI=1S/C22H27N3O5S/c1-13(2)30-22(27)24-12-14(3)25(15(4)26)21-11-19(23)18(10-20(21)24)16-6-8-17(9-7-16)31(5,28)29/h6-11,13-14H,12,23H2,1-5H3. The van der Waals surface area contributed by atoms with Gasteiger partial charge in [0.25, 0.3) is 0 Å². The van der Waals surface area contributed by atoms with Gasteiger partial charge in [0.2, 0.25) is 5.91 Å². The summed E-state index contributed by atoms with van der Waals surface area (Å²) >= 11 is 0. The Balaban J connectivity index is 2.15. The lowest BCUT2D eigenvalue weighted by atomic mass is 9.99. The van der Waals surface area contributed by atoms with Crippen LogP contribution in [0, 0.1) is 0 Å². The number of nitrogens with zero attached hydrogens (tertiary/aromatic N) is 2. The van der Waals surface area contributed by atoms with E-state index in [0.29, 0.717) is 28.2 Å². The zero-order valence-electron chi connectivity index (χ0n) is 18.2. The van der Waals surface area contributed by atoms with Gasteiger partial charge in [0.05, 0.1) is 28.4 Å². The molecule has 1 heterocycles. The molecule has 166 valence electrons. The molecule has 1 unspecified atom stereocenters. The van der Waals surface area contributed by atoms with Gasteiger partial charge in [-0.25, -0.2) is 13.2 Å². The van der Waals surface area contributed by atoms with Crippen LogP contribution in [0.3, 0.4) is 0 Å². The third kappa shape index (κ3) is 4.51. The molecule has 0 saturated carbocycles. The van der Waals surface area contributed by atoms with E-state index in [1.807, 2.05) is 6.92 Å². The molecule has 0 fully saturated rings. The Bertz CT molecular complexity index is 1130. The van der Waals surface area contributed by atoms with Gasteiger partial charge in [0.1, 0.15) is 0 Å². The highest BCUT2D eigenvalue weighted by molar-refractivity contribution is 7.90. The summed E-state index contributed by atoms with van der Waals surface area (Å²) in [6, 6.07) is 9.50. The number of nitrogen functional groups attached to an aromatic ring is 1. The molecule has 0 aliphatic carbocycles. The number of amides is 2. The quantitative estimate of drug-likeness (QED) is 0.725. The Kier molecular flexibility index (Phi) is 6.00. The number of hydrogen-bond acceptors (Lipinski definition) is 6. The van der Waals surface area contributed by atoms with Crippen LogP contribution in [-0.2, 0) is 19.4 Å². The molecule has 0 bridgehead atoms. The minimum Gasteiger partial charge on any atom is -0.446 e. The maximum atomic E-state index is 12.8. The molecule has 1 aliphatic rings. The summed E-state index contributed by atoms with van der Waals surface area (Å²) < 4.78 is 28.9. The Morgan fingerprint density at radius 1 is 1.13 bits per heavy atom. The van der Waals surface area contributed by atoms with E-state index in [-0.39, 0.29) is 29.5 Å². The van der Waals surface area contributed by atoms with E-state index in [1.165, 1.54) is 24.0 Å². The second-order valence-corrected chi connectivity index (χ2v) is 10.0. The summed E-state index contributed by atoms with van der Waals surface area (Å²) in [6.45, 7) is 7.14. The van der Waals surface area contributed by atoms with E-state index in [2.05, 4.69) is 0 Å². The molecule has 2 N–H and O–H groups in total. The molecule has 31 heavy (non-hydrogen) atoms. The van der Waals surface area contributed by atoms with E-state index in [1.54, 1.807) is 43.0 Å². The van der Waals surface area contributed by atoms with Crippen LogP contribution < -0.4 is 15.5 Å². The summed E-state index contributed by atoms with van der Waals surface area (Å²) in [5.74, 6) is -0.157. The van der Waals surface area contributed by atoms with Crippen molar-refractivity contribution >= 4 is 38.9 Å². The predicted octanol–water partition coefficient (Wildman–Crippen LogP) is 3.45. The smallest absolute Gasteiger partial charge is 0.414 e. The van der Waals surface area contributed by atoms with Gasteiger partial charge in [-0.05, 0) is 50.6 Å². The lowest BCUT2D eigenvalue weighted by molar-refractivity contribution is -0.117. The van der Waals surface area contributed by atoms with Crippen molar-refractivity contribution in [3.8, 4) is 11.1 Å². The largest absolute Gasteiger partial charge is 0.446 e. The van der Waals surface area contributed by atoms with Crippen molar-refractivity contribution < 1.29 is 22.7 Å². The van der Waals surface area contributed by atoms with E-state index < -0.39 is 15.9 Å². The van der Waals surface area contributed by atoms with Gasteiger partial charge in [-0.2, -0.15) is 0 Å². The topological polar surface area (TPSA) is 110 Å². The number of rotatable bonds is 3. The fraction of sp³-hybridized carbons (Fsp3) is 0.364. The SMILES string of the molecule is CC(=O)N1c2cc(N)c(-c3ccc(S(C)(=O)=O)cc3)cc2N(C(=O)OC(C)C)CC1C. The zero-order chi connectivity index (χ0) is 23.1. The van der Waals surface area contributed by atoms with E-state index in [4.69, 9.17) is 10.5 Å². The number of fused-ring (bicyclic) bond motifs is 1. The highest BCUT2D eigenvalue weighted by Gasteiger charge is 2.35. The summed E-state index contributed by atoms with van der Waals surface area (Å²) in [4.78, 5) is 28.4. The van der Waals surface area contributed by atoms with Gasteiger partial charge in [-0.3, -0.25) is 9.69 Å². The van der Waals surface area contributed by atoms with E-state index in [9.17, 15) is 18.0 Å². The van der Waals surface area contributed by atoms with Crippen LogP contribution in [0.4, 0.5) is 21.9 Å². The van der Waals surface area contributed by atoms with Crippen molar-refractivity contribution in [2.24, 2.45) is 0 Å². The van der Waals surface area contributed by atoms with Crippen molar-refractivity contribution in [1.82, 2.24) is 0 Å². The predicted molar refractivity (Wildman–Crippen MR) is 121 cm³/mol. The average molecular weight is 446 g/mol. The minimum atomic E-state index is -3.33. The van der Waals surface area contributed by atoms with Crippen LogP contribution in [0.2, 0.25) is 0 Å². The third-order valence-corrected chi connectivity index (χ3v) is 6.20. The van der Waals surface area contributed by atoms with Gasteiger partial charge in [-0.1, -0.05) is 12.1 Å². The number of ether oxygens (including phenoxy) is 1. The fourth-order valence-corrected chi connectivity index (χ4v) is 4.36. The summed E-state index contributed by atoms with van der Waals surface area (Å²) in [5.41, 5.74) is 9.08. The molecule has 0 saturated heterocycles. The molecule has 0 aromatic heterocycles. The lowest BCUT2D eigenvalue weighted by Gasteiger charge is -2.40. The summed E-state index contributed by atoms with van der Waals surface area (Å²) in [6.07, 6.45) is 0.341. The number of anilines is 3. The average Bonchev–Trinajstić information content (AvgIpc) is 2.65. The van der Waals surface area contributed by atoms with E-state index in [0.717, 1.165) is 6.26 Å². The molecule has 2 amide bonds. The van der Waals surface area contributed by atoms with Crippen LogP contribution in [0.5, 0.6) is 0 Å². The molecule has 2 aromatic rings. The monoisotopic (exact) mass is 445 g/mol. The van der Waals surface area contributed by atoms with Crippen molar-refractivity contribution in [3.63, 3.8) is 0 Å². The second-order valence-electron chi connectivity index (χ2n) is 8.01. The van der Waals surface area contributed by atoms with Crippen molar-refractivity contribution in [3.05, 3.63) is 36.4 Å². The summed E-state index contributed by atoms with van der Waals surface area (Å²) in [5, 5.41) is 0. The third-order valence-electron chi connectivity index (χ3n) is 5.07. The van der Waals surface area contributed by atoms with E-state index >= 15 is 0 Å². The maximum Gasteiger partial charge on any atom is 0.414 e. The number of carbonyl (C=O) groups excluding carboxylic acids is 2. The molecule has 1 atom stereocenters. The number of benzene rings is 2. The van der Waals surface area contributed by atoms with Crippen molar-refractivity contribution in [1.29, 1.82) is 0 Å². The van der Waals surface area contributed by atoms with Crippen LogP contribution in [-0.4, -0.2) is 45.4 Å². The lowest BCUT2D eigenvalue weighted by Crippen LogP contribution is -2.51. The first kappa shape index (κ1) is 22.6. The highest BCUT2D eigenvalue weighted by atomic mass is 32.2. The number of hydrogen-bond donors (Lipinski definition) is 1. The fourth-order valence-electron chi connectivity index (χ4n) is 3.73. The second kappa shape index (κ2) is 8.22.